The Hall–Kier alpha value is -2.45. The maximum Gasteiger partial charge on any atom is 0.262 e. The summed E-state index contributed by atoms with van der Waals surface area (Å²) < 4.78 is 45.1. The van der Waals surface area contributed by atoms with Gasteiger partial charge in [-0.2, -0.15) is 4.31 Å². The highest BCUT2D eigenvalue weighted by Crippen LogP contribution is 2.23. The molecule has 1 fully saturated rings. The highest BCUT2D eigenvalue weighted by Gasteiger charge is 2.26. The SMILES string of the molecule is O=C(COc1ccc(S(=O)(=O)N2CCCC2)cc1)Nc1ccccc1F. The van der Waals surface area contributed by atoms with Crippen molar-refractivity contribution in [2.75, 3.05) is 25.0 Å². The summed E-state index contributed by atoms with van der Waals surface area (Å²) in [6.45, 7) is 0.764. The van der Waals surface area contributed by atoms with E-state index in [4.69, 9.17) is 4.74 Å². The summed E-state index contributed by atoms with van der Waals surface area (Å²) >= 11 is 0. The third-order valence-corrected chi connectivity index (χ3v) is 5.96. The molecule has 0 saturated carbocycles. The number of para-hydroxylation sites is 1. The number of amides is 1. The number of hydrogen-bond acceptors (Lipinski definition) is 4. The van der Waals surface area contributed by atoms with Gasteiger partial charge in [-0.1, -0.05) is 12.1 Å². The Morgan fingerprint density at radius 2 is 1.73 bits per heavy atom. The maximum atomic E-state index is 13.5. The molecule has 2 aromatic carbocycles. The zero-order valence-electron chi connectivity index (χ0n) is 14.0. The Morgan fingerprint density at radius 1 is 1.08 bits per heavy atom. The predicted molar refractivity (Wildman–Crippen MR) is 95.0 cm³/mol. The molecular weight excluding hydrogens is 359 g/mol. The minimum atomic E-state index is -3.48. The molecule has 0 aromatic heterocycles. The summed E-state index contributed by atoms with van der Waals surface area (Å²) in [7, 11) is -3.48. The summed E-state index contributed by atoms with van der Waals surface area (Å²) in [6, 6.07) is 11.7. The molecule has 2 aromatic rings. The van der Waals surface area contributed by atoms with Crippen LogP contribution in [-0.2, 0) is 14.8 Å². The van der Waals surface area contributed by atoms with E-state index in [0.29, 0.717) is 18.8 Å². The topological polar surface area (TPSA) is 75.7 Å². The first-order chi connectivity index (χ1) is 12.5. The highest BCUT2D eigenvalue weighted by atomic mass is 32.2. The summed E-state index contributed by atoms with van der Waals surface area (Å²) in [4.78, 5) is 12.0. The van der Waals surface area contributed by atoms with Gasteiger partial charge in [-0.15, -0.1) is 0 Å². The lowest BCUT2D eigenvalue weighted by atomic mass is 10.3. The molecule has 138 valence electrons. The van der Waals surface area contributed by atoms with Gasteiger partial charge in [0.15, 0.2) is 6.61 Å². The fourth-order valence-electron chi connectivity index (χ4n) is 2.68. The van der Waals surface area contributed by atoms with Gasteiger partial charge >= 0.3 is 0 Å². The summed E-state index contributed by atoms with van der Waals surface area (Å²) in [5.74, 6) is -0.685. The molecule has 0 aliphatic carbocycles. The first kappa shape index (κ1) is 18.3. The fourth-order valence-corrected chi connectivity index (χ4v) is 4.20. The molecule has 26 heavy (non-hydrogen) atoms. The Balaban J connectivity index is 1.57. The monoisotopic (exact) mass is 378 g/mol. The second-order valence-electron chi connectivity index (χ2n) is 5.90. The number of ether oxygens (including phenoxy) is 1. The van der Waals surface area contributed by atoms with Crippen LogP contribution in [0.3, 0.4) is 0 Å². The molecule has 0 radical (unpaired) electrons. The van der Waals surface area contributed by atoms with Crippen molar-refractivity contribution in [2.24, 2.45) is 0 Å². The quantitative estimate of drug-likeness (QED) is 0.838. The number of nitrogens with zero attached hydrogens (tertiary/aromatic N) is 1. The predicted octanol–water partition coefficient (Wildman–Crippen LogP) is 2.63. The third kappa shape index (κ3) is 4.20. The number of benzene rings is 2. The van der Waals surface area contributed by atoms with E-state index >= 15 is 0 Å². The molecular formula is C18H19FN2O4S. The number of halogens is 1. The molecule has 6 nitrogen and oxygen atoms in total. The van der Waals surface area contributed by atoms with Gasteiger partial charge in [-0.3, -0.25) is 4.79 Å². The van der Waals surface area contributed by atoms with Crippen molar-refractivity contribution in [3.05, 3.63) is 54.3 Å². The van der Waals surface area contributed by atoms with E-state index < -0.39 is 21.7 Å². The number of rotatable bonds is 6. The Bertz CT molecular complexity index is 878. The van der Waals surface area contributed by atoms with Crippen molar-refractivity contribution in [2.45, 2.75) is 17.7 Å². The van der Waals surface area contributed by atoms with E-state index in [9.17, 15) is 17.6 Å². The normalized spacial score (nSPS) is 15.0. The van der Waals surface area contributed by atoms with Gasteiger partial charge in [0.2, 0.25) is 10.0 Å². The molecule has 8 heteroatoms. The van der Waals surface area contributed by atoms with Crippen LogP contribution in [0.15, 0.2) is 53.4 Å². The van der Waals surface area contributed by atoms with E-state index in [1.807, 2.05) is 0 Å². The number of hydrogen-bond donors (Lipinski definition) is 1. The van der Waals surface area contributed by atoms with Crippen LogP contribution >= 0.6 is 0 Å². The molecule has 3 rings (SSSR count). The van der Waals surface area contributed by atoms with Crippen LogP contribution in [-0.4, -0.2) is 38.3 Å². The van der Waals surface area contributed by atoms with Crippen LogP contribution < -0.4 is 10.1 Å². The summed E-state index contributed by atoms with van der Waals surface area (Å²) in [6.07, 6.45) is 1.75. The van der Waals surface area contributed by atoms with E-state index in [1.54, 1.807) is 6.07 Å². The third-order valence-electron chi connectivity index (χ3n) is 4.04. The molecule has 0 bridgehead atoms. The second kappa shape index (κ2) is 7.84. The van der Waals surface area contributed by atoms with Gasteiger partial charge in [-0.05, 0) is 49.2 Å². The van der Waals surface area contributed by atoms with E-state index in [0.717, 1.165) is 12.8 Å². The first-order valence-corrected chi connectivity index (χ1v) is 9.68. The number of nitrogens with one attached hydrogen (secondary N) is 1. The first-order valence-electron chi connectivity index (χ1n) is 8.24. The zero-order valence-corrected chi connectivity index (χ0v) is 14.8. The molecule has 1 aliphatic rings. The Kier molecular flexibility index (Phi) is 5.53. The summed E-state index contributed by atoms with van der Waals surface area (Å²) in [5.41, 5.74) is 0.0770. The molecule has 1 saturated heterocycles. The number of sulfonamides is 1. The molecule has 1 aliphatic heterocycles. The van der Waals surface area contributed by atoms with Gasteiger partial charge in [0, 0.05) is 13.1 Å². The number of carbonyl (C=O) groups excluding carboxylic acids is 1. The average Bonchev–Trinajstić information content (AvgIpc) is 3.18. The summed E-state index contributed by atoms with van der Waals surface area (Å²) in [5, 5.41) is 2.41. The van der Waals surface area contributed by atoms with Gasteiger partial charge < -0.3 is 10.1 Å². The van der Waals surface area contributed by atoms with Crippen molar-refractivity contribution < 1.29 is 22.3 Å². The lowest BCUT2D eigenvalue weighted by Crippen LogP contribution is -2.27. The molecule has 0 spiro atoms. The van der Waals surface area contributed by atoms with Crippen LogP contribution in [0.4, 0.5) is 10.1 Å². The van der Waals surface area contributed by atoms with Crippen molar-refractivity contribution in [3.63, 3.8) is 0 Å². The van der Waals surface area contributed by atoms with Gasteiger partial charge in [0.25, 0.3) is 5.91 Å². The van der Waals surface area contributed by atoms with Gasteiger partial charge in [0.1, 0.15) is 11.6 Å². The molecule has 1 amide bonds. The smallest absolute Gasteiger partial charge is 0.262 e. The highest BCUT2D eigenvalue weighted by molar-refractivity contribution is 7.89. The van der Waals surface area contributed by atoms with Crippen LogP contribution in [0.2, 0.25) is 0 Å². The molecule has 0 atom stereocenters. The average molecular weight is 378 g/mol. The standard InChI is InChI=1S/C18H19FN2O4S/c19-16-5-1-2-6-17(16)20-18(22)13-25-14-7-9-15(10-8-14)26(23,24)21-11-3-4-12-21/h1-2,5-10H,3-4,11-13H2,(H,20,22). The van der Waals surface area contributed by atoms with E-state index in [-0.39, 0.29) is 17.2 Å². The van der Waals surface area contributed by atoms with Crippen LogP contribution in [0.1, 0.15) is 12.8 Å². The minimum absolute atomic E-state index is 0.0770. The van der Waals surface area contributed by atoms with Crippen LogP contribution in [0.5, 0.6) is 5.75 Å². The molecule has 1 heterocycles. The Labute approximate surface area is 151 Å². The van der Waals surface area contributed by atoms with Crippen molar-refractivity contribution in [3.8, 4) is 5.75 Å². The molecule has 1 N–H and O–H groups in total. The Morgan fingerprint density at radius 3 is 2.38 bits per heavy atom. The van der Waals surface area contributed by atoms with Crippen LogP contribution in [0.25, 0.3) is 0 Å². The lowest BCUT2D eigenvalue weighted by molar-refractivity contribution is -0.118. The lowest BCUT2D eigenvalue weighted by Gasteiger charge is -2.15. The fraction of sp³-hybridized carbons (Fsp3) is 0.278. The maximum absolute atomic E-state index is 13.5. The largest absolute Gasteiger partial charge is 0.484 e. The van der Waals surface area contributed by atoms with Crippen molar-refractivity contribution in [1.82, 2.24) is 4.31 Å². The van der Waals surface area contributed by atoms with Crippen LogP contribution in [0, 0.1) is 5.82 Å². The minimum Gasteiger partial charge on any atom is -0.484 e. The van der Waals surface area contributed by atoms with E-state index in [1.165, 1.54) is 46.8 Å². The number of carbonyl (C=O) groups is 1. The van der Waals surface area contributed by atoms with E-state index in [2.05, 4.69) is 5.32 Å². The van der Waals surface area contributed by atoms with Gasteiger partial charge in [-0.25, -0.2) is 12.8 Å². The molecule has 0 unspecified atom stereocenters. The van der Waals surface area contributed by atoms with Crippen molar-refractivity contribution >= 4 is 21.6 Å². The van der Waals surface area contributed by atoms with Gasteiger partial charge in [0.05, 0.1) is 10.6 Å². The second-order valence-corrected chi connectivity index (χ2v) is 7.84. The number of anilines is 1. The van der Waals surface area contributed by atoms with Crippen molar-refractivity contribution in [1.29, 1.82) is 0 Å². The zero-order chi connectivity index (χ0) is 18.6.